The summed E-state index contributed by atoms with van der Waals surface area (Å²) in [6.45, 7) is 1.81. The maximum atomic E-state index is 8.64. The number of nitrogens with two attached hydrogens (primary N) is 1. The number of rotatable bonds is 3. The largest absolute Gasteiger partial charge is 0.439 e. The molecule has 0 saturated heterocycles. The number of aromatic nitrogens is 2. The van der Waals surface area contributed by atoms with Crippen LogP contribution >= 0.6 is 23.4 Å². The van der Waals surface area contributed by atoms with Gasteiger partial charge in [0.05, 0.1) is 10.7 Å². The molecule has 0 aromatic carbocycles. The first kappa shape index (κ1) is 12.7. The normalized spacial score (nSPS) is 11.8. The lowest BCUT2D eigenvalue weighted by Gasteiger charge is -2.05. The first-order valence-electron chi connectivity index (χ1n) is 4.84. The first-order valence-corrected chi connectivity index (χ1v) is 6.03. The zero-order valence-corrected chi connectivity index (χ0v) is 10.9. The Bertz CT molecular complexity index is 599. The number of hydrogen-bond donors (Lipinski definition) is 2. The molecule has 0 spiro atoms. The van der Waals surface area contributed by atoms with Crippen LogP contribution in [0.1, 0.15) is 11.3 Å². The molecule has 0 radical (unpaired) electrons. The third-order valence-electron chi connectivity index (χ3n) is 2.02. The number of nitrogens with zero attached hydrogens (tertiary/aromatic N) is 3. The van der Waals surface area contributed by atoms with E-state index in [1.165, 1.54) is 12.5 Å². The minimum atomic E-state index is -0.0761. The maximum Gasteiger partial charge on any atom is 0.262 e. The average molecular weight is 285 g/mol. The molecular weight excluding hydrogens is 276 g/mol. The molecule has 0 atom stereocenters. The summed E-state index contributed by atoms with van der Waals surface area (Å²) < 4.78 is 5.19. The summed E-state index contributed by atoms with van der Waals surface area (Å²) in [5, 5.41) is 12.7. The van der Waals surface area contributed by atoms with E-state index in [2.05, 4.69) is 15.1 Å². The molecule has 0 aliphatic heterocycles. The van der Waals surface area contributed by atoms with Crippen LogP contribution in [0.15, 0.2) is 38.3 Å². The van der Waals surface area contributed by atoms with Crippen molar-refractivity contribution in [1.29, 1.82) is 0 Å². The summed E-state index contributed by atoms with van der Waals surface area (Å²) in [6.07, 6.45) is 3.04. The van der Waals surface area contributed by atoms with Crippen molar-refractivity contribution < 1.29 is 9.62 Å². The van der Waals surface area contributed by atoms with Gasteiger partial charge in [0.1, 0.15) is 11.3 Å². The van der Waals surface area contributed by atoms with Gasteiger partial charge in [-0.2, -0.15) is 0 Å². The molecule has 18 heavy (non-hydrogen) atoms. The Hall–Kier alpha value is -1.73. The molecule has 0 aliphatic carbocycles. The smallest absolute Gasteiger partial charge is 0.262 e. The summed E-state index contributed by atoms with van der Waals surface area (Å²) >= 11 is 7.28. The van der Waals surface area contributed by atoms with Gasteiger partial charge < -0.3 is 15.4 Å². The van der Waals surface area contributed by atoms with Crippen molar-refractivity contribution in [1.82, 2.24) is 9.97 Å². The first-order chi connectivity index (χ1) is 8.61. The number of amidine groups is 1. The Morgan fingerprint density at radius 1 is 1.61 bits per heavy atom. The summed E-state index contributed by atoms with van der Waals surface area (Å²) in [5.41, 5.74) is 6.67. The molecule has 0 amide bonds. The minimum Gasteiger partial charge on any atom is -0.439 e. The molecule has 94 valence electrons. The molecule has 0 fully saturated rings. The number of oxazole rings is 1. The van der Waals surface area contributed by atoms with E-state index >= 15 is 0 Å². The standard InChI is InChI=1S/C10H9ClN4O2S/c1-5-4-17-10(14-5)18-9-7(11)6(2-3-13-9)8(12)15-16/h2-4,16H,1H3,(H2,12,15). The van der Waals surface area contributed by atoms with Gasteiger partial charge in [0, 0.05) is 11.8 Å². The fourth-order valence-electron chi connectivity index (χ4n) is 1.21. The van der Waals surface area contributed by atoms with E-state index in [-0.39, 0.29) is 10.9 Å². The molecule has 2 aromatic heterocycles. The highest BCUT2D eigenvalue weighted by Gasteiger charge is 2.14. The van der Waals surface area contributed by atoms with Crippen molar-refractivity contribution >= 4 is 29.2 Å². The van der Waals surface area contributed by atoms with E-state index in [0.29, 0.717) is 15.8 Å². The lowest BCUT2D eigenvalue weighted by atomic mass is 10.2. The van der Waals surface area contributed by atoms with Crippen LogP contribution in [-0.2, 0) is 0 Å². The summed E-state index contributed by atoms with van der Waals surface area (Å²) in [4.78, 5) is 8.23. The Morgan fingerprint density at radius 3 is 3.00 bits per heavy atom. The van der Waals surface area contributed by atoms with E-state index in [1.54, 1.807) is 6.07 Å². The van der Waals surface area contributed by atoms with Crippen LogP contribution in [0.5, 0.6) is 0 Å². The quantitative estimate of drug-likeness (QED) is 0.388. The van der Waals surface area contributed by atoms with Gasteiger partial charge in [0.15, 0.2) is 5.84 Å². The molecule has 0 bridgehead atoms. The summed E-state index contributed by atoms with van der Waals surface area (Å²) in [6, 6.07) is 1.56. The number of pyridine rings is 1. The van der Waals surface area contributed by atoms with Crippen LogP contribution in [0.2, 0.25) is 5.02 Å². The fraction of sp³-hybridized carbons (Fsp3) is 0.100. The molecule has 6 nitrogen and oxygen atoms in total. The molecular formula is C10H9ClN4O2S. The zero-order chi connectivity index (χ0) is 13.1. The van der Waals surface area contributed by atoms with Crippen LogP contribution in [0, 0.1) is 6.92 Å². The van der Waals surface area contributed by atoms with Crippen LogP contribution < -0.4 is 5.73 Å². The number of oxime groups is 1. The van der Waals surface area contributed by atoms with Gasteiger partial charge in [-0.05, 0) is 24.8 Å². The van der Waals surface area contributed by atoms with E-state index < -0.39 is 0 Å². The van der Waals surface area contributed by atoms with E-state index in [4.69, 9.17) is 27.0 Å². The number of hydrogen-bond acceptors (Lipinski definition) is 6. The van der Waals surface area contributed by atoms with Crippen LogP contribution in [-0.4, -0.2) is 21.0 Å². The second-order valence-electron chi connectivity index (χ2n) is 3.32. The van der Waals surface area contributed by atoms with Gasteiger partial charge in [-0.25, -0.2) is 9.97 Å². The van der Waals surface area contributed by atoms with Crippen LogP contribution in [0.25, 0.3) is 0 Å². The Labute approximate surface area is 112 Å². The lowest BCUT2D eigenvalue weighted by molar-refractivity contribution is 0.318. The molecule has 0 unspecified atom stereocenters. The second kappa shape index (κ2) is 5.28. The predicted octanol–water partition coefficient (Wildman–Crippen LogP) is 2.28. The molecule has 2 heterocycles. The van der Waals surface area contributed by atoms with E-state index in [0.717, 1.165) is 17.5 Å². The van der Waals surface area contributed by atoms with Gasteiger partial charge in [-0.1, -0.05) is 16.8 Å². The molecule has 3 N–H and O–H groups in total. The monoisotopic (exact) mass is 284 g/mol. The van der Waals surface area contributed by atoms with Gasteiger partial charge in [0.25, 0.3) is 5.22 Å². The average Bonchev–Trinajstić information content (AvgIpc) is 2.76. The van der Waals surface area contributed by atoms with Crippen molar-refractivity contribution in [2.45, 2.75) is 17.2 Å². The SMILES string of the molecule is Cc1coc(Sc2nccc(/C(N)=N/O)c2Cl)n1. The van der Waals surface area contributed by atoms with Crippen molar-refractivity contribution in [2.75, 3.05) is 0 Å². The van der Waals surface area contributed by atoms with Gasteiger partial charge >= 0.3 is 0 Å². The predicted molar refractivity (Wildman–Crippen MR) is 67.1 cm³/mol. The molecule has 0 aliphatic rings. The second-order valence-corrected chi connectivity index (χ2v) is 4.64. The van der Waals surface area contributed by atoms with Gasteiger partial charge in [-0.3, -0.25) is 0 Å². The summed E-state index contributed by atoms with van der Waals surface area (Å²) in [5.74, 6) is -0.0761. The van der Waals surface area contributed by atoms with Gasteiger partial charge in [-0.15, -0.1) is 0 Å². The number of halogens is 1. The molecule has 2 aromatic rings. The maximum absolute atomic E-state index is 8.64. The molecule has 0 saturated carbocycles. The highest BCUT2D eigenvalue weighted by molar-refractivity contribution is 7.99. The third-order valence-corrected chi connectivity index (χ3v) is 3.38. The lowest BCUT2D eigenvalue weighted by Crippen LogP contribution is -2.14. The molecule has 8 heteroatoms. The Kier molecular flexibility index (Phi) is 3.73. The van der Waals surface area contributed by atoms with Crippen molar-refractivity contribution in [3.8, 4) is 0 Å². The van der Waals surface area contributed by atoms with E-state index in [9.17, 15) is 0 Å². The van der Waals surface area contributed by atoms with Crippen LogP contribution in [0.4, 0.5) is 0 Å². The number of aryl methyl sites for hydroxylation is 1. The Morgan fingerprint density at radius 2 is 2.39 bits per heavy atom. The van der Waals surface area contributed by atoms with Crippen molar-refractivity contribution in [3.63, 3.8) is 0 Å². The third kappa shape index (κ3) is 2.57. The van der Waals surface area contributed by atoms with Crippen molar-refractivity contribution in [2.24, 2.45) is 10.9 Å². The highest BCUT2D eigenvalue weighted by atomic mass is 35.5. The van der Waals surface area contributed by atoms with Gasteiger partial charge in [0.2, 0.25) is 0 Å². The Balaban J connectivity index is 2.34. The van der Waals surface area contributed by atoms with Crippen LogP contribution in [0.3, 0.4) is 0 Å². The van der Waals surface area contributed by atoms with E-state index in [1.807, 2.05) is 6.92 Å². The zero-order valence-electron chi connectivity index (χ0n) is 9.29. The molecule has 2 rings (SSSR count). The highest BCUT2D eigenvalue weighted by Crippen LogP contribution is 2.32. The fourth-order valence-corrected chi connectivity index (χ4v) is 2.30. The summed E-state index contributed by atoms with van der Waals surface area (Å²) in [7, 11) is 0. The minimum absolute atomic E-state index is 0.0761. The van der Waals surface area contributed by atoms with Crippen molar-refractivity contribution in [3.05, 3.63) is 34.8 Å². The topological polar surface area (TPSA) is 97.5 Å².